The van der Waals surface area contributed by atoms with Gasteiger partial charge in [0.25, 0.3) is 0 Å². The van der Waals surface area contributed by atoms with Crippen LogP contribution in [0.15, 0.2) is 33.9 Å². The van der Waals surface area contributed by atoms with Crippen LogP contribution in [0, 0.1) is 0 Å². The van der Waals surface area contributed by atoms with Crippen LogP contribution in [0.3, 0.4) is 0 Å². The van der Waals surface area contributed by atoms with Gasteiger partial charge in [-0.1, -0.05) is 0 Å². The Labute approximate surface area is 122 Å². The first-order chi connectivity index (χ1) is 9.78. The minimum Gasteiger partial charge on any atom is -0.468 e. The average Bonchev–Trinajstić information content (AvgIpc) is 3.09. The fourth-order valence-electron chi connectivity index (χ4n) is 1.59. The number of fused-ring (bicyclic) bond motifs is 1. The third-order valence-corrected chi connectivity index (χ3v) is 4.41. The minimum absolute atomic E-state index is 0.0224. The number of nitrogens with zero attached hydrogens (tertiary/aromatic N) is 5. The molecule has 9 heteroatoms. The maximum atomic E-state index is 11.3. The van der Waals surface area contributed by atoms with Crippen molar-refractivity contribution < 1.29 is 9.53 Å². The molecule has 0 fully saturated rings. The summed E-state index contributed by atoms with van der Waals surface area (Å²) in [6.07, 6.45) is 1.75. The first-order valence-electron chi connectivity index (χ1n) is 5.61. The van der Waals surface area contributed by atoms with Gasteiger partial charge in [0, 0.05) is 16.3 Å². The van der Waals surface area contributed by atoms with Crippen molar-refractivity contribution in [2.75, 3.05) is 7.11 Å². The molecule has 0 aromatic carbocycles. The van der Waals surface area contributed by atoms with Crippen molar-refractivity contribution in [2.24, 2.45) is 0 Å². The van der Waals surface area contributed by atoms with Gasteiger partial charge < -0.3 is 4.74 Å². The van der Waals surface area contributed by atoms with Gasteiger partial charge in [-0.3, -0.25) is 4.79 Å². The standard InChI is InChI=1S/C11H9N5O2S2/c1-18-9(17)6-16-11(13-14-15-16)20-10-7-3-5-19-8(7)2-4-12-10/h2-5H,6H2,1H3. The van der Waals surface area contributed by atoms with E-state index in [1.54, 1.807) is 17.5 Å². The molecule has 0 radical (unpaired) electrons. The monoisotopic (exact) mass is 307 g/mol. The molecular weight excluding hydrogens is 298 g/mol. The summed E-state index contributed by atoms with van der Waals surface area (Å²) >= 11 is 2.97. The summed E-state index contributed by atoms with van der Waals surface area (Å²) in [5, 5.41) is 15.6. The van der Waals surface area contributed by atoms with Gasteiger partial charge in [-0.2, -0.15) is 0 Å². The lowest BCUT2D eigenvalue weighted by Crippen LogP contribution is -2.13. The first-order valence-corrected chi connectivity index (χ1v) is 7.30. The van der Waals surface area contributed by atoms with Crippen LogP contribution in [-0.2, 0) is 16.1 Å². The van der Waals surface area contributed by atoms with Crippen LogP contribution in [0.25, 0.3) is 10.1 Å². The Morgan fingerprint density at radius 3 is 3.25 bits per heavy atom. The van der Waals surface area contributed by atoms with Crippen molar-refractivity contribution in [3.05, 3.63) is 23.7 Å². The average molecular weight is 307 g/mol. The number of esters is 1. The zero-order valence-corrected chi connectivity index (χ0v) is 12.0. The van der Waals surface area contributed by atoms with Gasteiger partial charge in [-0.25, -0.2) is 9.67 Å². The topological polar surface area (TPSA) is 82.8 Å². The molecule has 0 aliphatic heterocycles. The van der Waals surface area contributed by atoms with Crippen LogP contribution in [-0.4, -0.2) is 38.3 Å². The molecule has 7 nitrogen and oxygen atoms in total. The number of carbonyl (C=O) groups is 1. The molecule has 0 aliphatic carbocycles. The summed E-state index contributed by atoms with van der Waals surface area (Å²) in [6, 6.07) is 3.96. The van der Waals surface area contributed by atoms with Crippen LogP contribution in [0.4, 0.5) is 0 Å². The molecule has 3 aromatic rings. The lowest BCUT2D eigenvalue weighted by molar-refractivity contribution is -0.141. The number of ether oxygens (including phenoxy) is 1. The number of rotatable bonds is 4. The van der Waals surface area contributed by atoms with E-state index in [1.807, 2.05) is 17.5 Å². The van der Waals surface area contributed by atoms with Gasteiger partial charge in [0.2, 0.25) is 5.16 Å². The number of carbonyl (C=O) groups excluding carboxylic acids is 1. The second-order valence-corrected chi connectivity index (χ2v) is 5.65. The maximum Gasteiger partial charge on any atom is 0.327 e. The zero-order chi connectivity index (χ0) is 13.9. The van der Waals surface area contributed by atoms with E-state index in [4.69, 9.17) is 0 Å². The third-order valence-electron chi connectivity index (χ3n) is 2.54. The zero-order valence-electron chi connectivity index (χ0n) is 10.4. The number of thiophene rings is 1. The summed E-state index contributed by atoms with van der Waals surface area (Å²) in [5.74, 6) is -0.402. The first kappa shape index (κ1) is 13.0. The highest BCUT2D eigenvalue weighted by Gasteiger charge is 2.14. The SMILES string of the molecule is COC(=O)Cn1nnnc1Sc1nccc2sccc12. The van der Waals surface area contributed by atoms with Gasteiger partial charge in [0.05, 0.1) is 7.11 Å². The normalized spacial score (nSPS) is 10.8. The van der Waals surface area contributed by atoms with Crippen molar-refractivity contribution >= 4 is 39.2 Å². The molecular formula is C11H9N5O2S2. The van der Waals surface area contributed by atoms with Crippen molar-refractivity contribution in [1.29, 1.82) is 0 Å². The second-order valence-electron chi connectivity index (χ2n) is 3.75. The molecule has 20 heavy (non-hydrogen) atoms. The van der Waals surface area contributed by atoms with Crippen molar-refractivity contribution in [2.45, 2.75) is 16.7 Å². The number of hydrogen-bond donors (Lipinski definition) is 0. The number of pyridine rings is 1. The summed E-state index contributed by atoms with van der Waals surface area (Å²) in [7, 11) is 1.33. The molecule has 0 bridgehead atoms. The molecule has 0 amide bonds. The molecule has 0 atom stereocenters. The molecule has 0 spiro atoms. The molecule has 0 N–H and O–H groups in total. The fourth-order valence-corrected chi connectivity index (χ4v) is 3.30. The Morgan fingerprint density at radius 2 is 2.40 bits per heavy atom. The molecule has 102 valence electrons. The van der Waals surface area contributed by atoms with E-state index >= 15 is 0 Å². The van der Waals surface area contributed by atoms with Gasteiger partial charge in [0.1, 0.15) is 11.6 Å². The quantitative estimate of drug-likeness (QED) is 0.677. The minimum atomic E-state index is -0.402. The Hall–Kier alpha value is -2.00. The number of tetrazole rings is 1. The van der Waals surface area contributed by atoms with Gasteiger partial charge in [-0.05, 0) is 39.7 Å². The maximum absolute atomic E-state index is 11.3. The van der Waals surface area contributed by atoms with E-state index in [-0.39, 0.29) is 6.54 Å². The second kappa shape index (κ2) is 5.55. The summed E-state index contributed by atoms with van der Waals surface area (Å²) in [6.45, 7) is -0.0224. The van der Waals surface area contributed by atoms with E-state index in [0.717, 1.165) is 15.1 Å². The van der Waals surface area contributed by atoms with Gasteiger partial charge in [0.15, 0.2) is 0 Å². The molecule has 3 aromatic heterocycles. The van der Waals surface area contributed by atoms with E-state index in [0.29, 0.717) is 5.16 Å². The smallest absolute Gasteiger partial charge is 0.327 e. The van der Waals surface area contributed by atoms with Crippen molar-refractivity contribution in [1.82, 2.24) is 25.2 Å². The summed E-state index contributed by atoms with van der Waals surface area (Å²) in [4.78, 5) is 15.6. The van der Waals surface area contributed by atoms with Crippen LogP contribution >= 0.6 is 23.1 Å². The molecule has 3 rings (SSSR count). The molecule has 0 unspecified atom stereocenters. The van der Waals surface area contributed by atoms with Crippen molar-refractivity contribution in [3.63, 3.8) is 0 Å². The largest absolute Gasteiger partial charge is 0.468 e. The highest BCUT2D eigenvalue weighted by Crippen LogP contribution is 2.32. The lowest BCUT2D eigenvalue weighted by atomic mass is 10.3. The van der Waals surface area contributed by atoms with Crippen molar-refractivity contribution in [3.8, 4) is 0 Å². The van der Waals surface area contributed by atoms with Gasteiger partial charge in [-0.15, -0.1) is 16.4 Å². The van der Waals surface area contributed by atoms with Crippen LogP contribution in [0.1, 0.15) is 0 Å². The Morgan fingerprint density at radius 1 is 1.50 bits per heavy atom. The Balaban J connectivity index is 1.90. The predicted octanol–water partition coefficient (Wildman–Crippen LogP) is 1.61. The number of hydrogen-bond acceptors (Lipinski definition) is 8. The van der Waals surface area contributed by atoms with E-state index in [9.17, 15) is 4.79 Å². The summed E-state index contributed by atoms with van der Waals surface area (Å²) < 4.78 is 7.15. The Bertz CT molecular complexity index is 754. The molecule has 0 aliphatic rings. The van der Waals surface area contributed by atoms with Crippen LogP contribution < -0.4 is 0 Å². The highest BCUT2D eigenvalue weighted by molar-refractivity contribution is 7.99. The van der Waals surface area contributed by atoms with Gasteiger partial charge >= 0.3 is 5.97 Å². The molecule has 0 saturated carbocycles. The predicted molar refractivity (Wildman–Crippen MR) is 73.6 cm³/mol. The van der Waals surface area contributed by atoms with E-state index < -0.39 is 5.97 Å². The molecule has 3 heterocycles. The lowest BCUT2D eigenvalue weighted by Gasteiger charge is -2.03. The molecule has 0 saturated heterocycles. The fraction of sp³-hybridized carbons (Fsp3) is 0.182. The third kappa shape index (κ3) is 2.49. The van der Waals surface area contributed by atoms with E-state index in [2.05, 4.69) is 25.2 Å². The van der Waals surface area contributed by atoms with Crippen LogP contribution in [0.5, 0.6) is 0 Å². The van der Waals surface area contributed by atoms with E-state index in [1.165, 1.54) is 23.6 Å². The Kier molecular flexibility index (Phi) is 3.61. The highest BCUT2D eigenvalue weighted by atomic mass is 32.2. The van der Waals surface area contributed by atoms with Crippen LogP contribution in [0.2, 0.25) is 0 Å². The summed E-state index contributed by atoms with van der Waals surface area (Å²) in [5.41, 5.74) is 0. The number of methoxy groups -OCH3 is 1. The number of aromatic nitrogens is 5.